The van der Waals surface area contributed by atoms with E-state index in [1.54, 1.807) is 24.3 Å². The molecule has 0 atom stereocenters. The molecule has 0 unspecified atom stereocenters. The number of amides is 1. The van der Waals surface area contributed by atoms with Crippen molar-refractivity contribution in [2.75, 3.05) is 5.32 Å². The van der Waals surface area contributed by atoms with Crippen molar-refractivity contribution in [3.8, 4) is 17.5 Å². The van der Waals surface area contributed by atoms with E-state index in [0.29, 0.717) is 17.0 Å². The molecule has 3 aromatic rings. The molecule has 1 heterocycles. The lowest BCUT2D eigenvalue weighted by atomic mass is 10.1. The molecule has 0 aliphatic heterocycles. The van der Waals surface area contributed by atoms with Gasteiger partial charge in [0.25, 0.3) is 5.91 Å². The summed E-state index contributed by atoms with van der Waals surface area (Å²) in [4.78, 5) is 12.1. The fraction of sp³-hybridized carbons (Fsp3) is 0. The molecular formula is C16H9BrN4O2. The maximum Gasteiger partial charge on any atom is 0.322 e. The Morgan fingerprint density at radius 3 is 2.65 bits per heavy atom. The van der Waals surface area contributed by atoms with Crippen molar-refractivity contribution < 1.29 is 9.21 Å². The summed E-state index contributed by atoms with van der Waals surface area (Å²) in [6.07, 6.45) is 0. The third kappa shape index (κ3) is 3.44. The number of benzene rings is 2. The Labute approximate surface area is 139 Å². The van der Waals surface area contributed by atoms with Gasteiger partial charge in [0.05, 0.1) is 11.6 Å². The molecule has 0 saturated carbocycles. The van der Waals surface area contributed by atoms with Crippen LogP contribution in [0.4, 0.5) is 6.01 Å². The molecule has 0 aliphatic carbocycles. The number of hydrogen-bond donors (Lipinski definition) is 1. The number of aromatic nitrogens is 2. The van der Waals surface area contributed by atoms with Crippen molar-refractivity contribution in [1.82, 2.24) is 10.2 Å². The summed E-state index contributed by atoms with van der Waals surface area (Å²) in [6.45, 7) is 0. The zero-order chi connectivity index (χ0) is 16.2. The van der Waals surface area contributed by atoms with E-state index in [-0.39, 0.29) is 11.9 Å². The molecule has 0 bridgehead atoms. The van der Waals surface area contributed by atoms with E-state index in [4.69, 9.17) is 9.68 Å². The van der Waals surface area contributed by atoms with Crippen molar-refractivity contribution in [3.05, 3.63) is 64.1 Å². The Bertz CT molecular complexity index is 897. The molecule has 0 radical (unpaired) electrons. The van der Waals surface area contributed by atoms with Crippen LogP contribution in [-0.2, 0) is 0 Å². The van der Waals surface area contributed by atoms with E-state index in [1.165, 1.54) is 0 Å². The van der Waals surface area contributed by atoms with Crippen LogP contribution >= 0.6 is 15.9 Å². The van der Waals surface area contributed by atoms with E-state index in [1.807, 2.05) is 30.3 Å². The van der Waals surface area contributed by atoms with Gasteiger partial charge in [-0.3, -0.25) is 10.1 Å². The molecule has 7 heteroatoms. The van der Waals surface area contributed by atoms with E-state index in [9.17, 15) is 4.79 Å². The number of anilines is 1. The normalized spacial score (nSPS) is 10.1. The quantitative estimate of drug-likeness (QED) is 0.761. The van der Waals surface area contributed by atoms with Crippen molar-refractivity contribution in [2.45, 2.75) is 0 Å². The standard InChI is InChI=1S/C16H9BrN4O2/c17-13-3-1-2-12(8-13)15-20-21-16(23-15)19-14(22)11-6-4-10(9-18)5-7-11/h1-8H,(H,19,21,22). The molecule has 112 valence electrons. The third-order valence-electron chi connectivity index (χ3n) is 2.99. The molecule has 0 saturated heterocycles. The molecule has 23 heavy (non-hydrogen) atoms. The van der Waals surface area contributed by atoms with Gasteiger partial charge in [-0.25, -0.2) is 0 Å². The molecule has 1 amide bonds. The Morgan fingerprint density at radius 2 is 1.96 bits per heavy atom. The van der Waals surface area contributed by atoms with Gasteiger partial charge in [0.2, 0.25) is 5.89 Å². The molecule has 3 rings (SSSR count). The molecular weight excluding hydrogens is 360 g/mol. The topological polar surface area (TPSA) is 91.8 Å². The minimum absolute atomic E-state index is 0.00864. The van der Waals surface area contributed by atoms with E-state index in [0.717, 1.165) is 10.0 Å². The average molecular weight is 369 g/mol. The zero-order valence-electron chi connectivity index (χ0n) is 11.7. The first-order valence-electron chi connectivity index (χ1n) is 6.56. The highest BCUT2D eigenvalue weighted by molar-refractivity contribution is 9.10. The van der Waals surface area contributed by atoms with Crippen LogP contribution in [0, 0.1) is 11.3 Å². The van der Waals surface area contributed by atoms with Crippen LogP contribution < -0.4 is 5.32 Å². The minimum Gasteiger partial charge on any atom is -0.403 e. The van der Waals surface area contributed by atoms with E-state index >= 15 is 0 Å². The monoisotopic (exact) mass is 368 g/mol. The largest absolute Gasteiger partial charge is 0.403 e. The molecule has 0 fully saturated rings. The van der Waals surface area contributed by atoms with E-state index < -0.39 is 0 Å². The van der Waals surface area contributed by atoms with Crippen LogP contribution in [0.5, 0.6) is 0 Å². The van der Waals surface area contributed by atoms with Gasteiger partial charge in [0, 0.05) is 15.6 Å². The van der Waals surface area contributed by atoms with Crippen LogP contribution in [0.3, 0.4) is 0 Å². The Hall–Kier alpha value is -2.98. The van der Waals surface area contributed by atoms with Crippen molar-refractivity contribution in [1.29, 1.82) is 5.26 Å². The maximum atomic E-state index is 12.1. The number of rotatable bonds is 3. The first kappa shape index (κ1) is 14.9. The van der Waals surface area contributed by atoms with Gasteiger partial charge >= 0.3 is 6.01 Å². The van der Waals surface area contributed by atoms with Crippen LogP contribution in [0.25, 0.3) is 11.5 Å². The minimum atomic E-state index is -0.390. The first-order valence-corrected chi connectivity index (χ1v) is 7.36. The average Bonchev–Trinajstić information content (AvgIpc) is 3.03. The van der Waals surface area contributed by atoms with Gasteiger partial charge in [-0.1, -0.05) is 27.1 Å². The summed E-state index contributed by atoms with van der Waals surface area (Å²) in [5.41, 5.74) is 1.62. The molecule has 2 aromatic carbocycles. The van der Waals surface area contributed by atoms with Crippen LogP contribution in [0.2, 0.25) is 0 Å². The maximum absolute atomic E-state index is 12.1. The van der Waals surface area contributed by atoms with Crippen molar-refractivity contribution in [2.24, 2.45) is 0 Å². The fourth-order valence-electron chi connectivity index (χ4n) is 1.88. The second-order valence-corrected chi connectivity index (χ2v) is 5.48. The summed E-state index contributed by atoms with van der Waals surface area (Å²) >= 11 is 3.37. The summed E-state index contributed by atoms with van der Waals surface area (Å²) in [5.74, 6) is -0.0830. The second-order valence-electron chi connectivity index (χ2n) is 4.57. The number of halogens is 1. The summed E-state index contributed by atoms with van der Waals surface area (Å²) in [5, 5.41) is 19.0. The highest BCUT2D eigenvalue weighted by Gasteiger charge is 2.13. The van der Waals surface area contributed by atoms with Crippen LogP contribution in [0.1, 0.15) is 15.9 Å². The molecule has 0 spiro atoms. The predicted molar refractivity (Wildman–Crippen MR) is 86.5 cm³/mol. The lowest BCUT2D eigenvalue weighted by Gasteiger charge is -2.00. The number of nitrogens with one attached hydrogen (secondary N) is 1. The lowest BCUT2D eigenvalue weighted by molar-refractivity contribution is 0.102. The SMILES string of the molecule is N#Cc1ccc(C(=O)Nc2nnc(-c3cccc(Br)c3)o2)cc1. The van der Waals surface area contributed by atoms with Gasteiger partial charge in [0.1, 0.15) is 0 Å². The van der Waals surface area contributed by atoms with Gasteiger partial charge < -0.3 is 4.42 Å². The van der Waals surface area contributed by atoms with Gasteiger partial charge in [-0.05, 0) is 42.5 Å². The number of hydrogen-bond acceptors (Lipinski definition) is 5. The predicted octanol–water partition coefficient (Wildman–Crippen LogP) is 3.62. The highest BCUT2D eigenvalue weighted by Crippen LogP contribution is 2.23. The number of nitrogens with zero attached hydrogens (tertiary/aromatic N) is 3. The van der Waals surface area contributed by atoms with Gasteiger partial charge in [-0.2, -0.15) is 5.26 Å². The Balaban J connectivity index is 1.76. The fourth-order valence-corrected chi connectivity index (χ4v) is 2.28. The second kappa shape index (κ2) is 6.42. The first-order chi connectivity index (χ1) is 11.2. The lowest BCUT2D eigenvalue weighted by Crippen LogP contribution is -2.11. The summed E-state index contributed by atoms with van der Waals surface area (Å²) in [7, 11) is 0. The Kier molecular flexibility index (Phi) is 4.17. The zero-order valence-corrected chi connectivity index (χ0v) is 13.2. The van der Waals surface area contributed by atoms with E-state index in [2.05, 4.69) is 31.4 Å². The van der Waals surface area contributed by atoms with Gasteiger partial charge in [-0.15, -0.1) is 5.10 Å². The molecule has 6 nitrogen and oxygen atoms in total. The molecule has 1 N–H and O–H groups in total. The molecule has 1 aromatic heterocycles. The number of nitriles is 1. The van der Waals surface area contributed by atoms with Crippen LogP contribution in [-0.4, -0.2) is 16.1 Å². The smallest absolute Gasteiger partial charge is 0.322 e. The number of carbonyl (C=O) groups is 1. The van der Waals surface area contributed by atoms with Gasteiger partial charge in [0.15, 0.2) is 0 Å². The summed E-state index contributed by atoms with van der Waals surface area (Å²) in [6, 6.07) is 15.6. The van der Waals surface area contributed by atoms with Crippen molar-refractivity contribution >= 4 is 27.9 Å². The highest BCUT2D eigenvalue weighted by atomic mass is 79.9. The Morgan fingerprint density at radius 1 is 1.17 bits per heavy atom. The van der Waals surface area contributed by atoms with Crippen LogP contribution in [0.15, 0.2) is 57.4 Å². The number of carbonyl (C=O) groups excluding carboxylic acids is 1. The summed E-state index contributed by atoms with van der Waals surface area (Å²) < 4.78 is 6.32. The third-order valence-corrected chi connectivity index (χ3v) is 3.49. The molecule has 0 aliphatic rings. The van der Waals surface area contributed by atoms with Crippen molar-refractivity contribution in [3.63, 3.8) is 0 Å².